The fraction of sp³-hybridized carbons (Fsp3) is 0.733. The van der Waals surface area contributed by atoms with Crippen LogP contribution in [0.25, 0.3) is 0 Å². The van der Waals surface area contributed by atoms with E-state index in [1.54, 1.807) is 6.26 Å². The minimum atomic E-state index is 0.786. The van der Waals surface area contributed by atoms with Gasteiger partial charge in [-0.2, -0.15) is 0 Å². The molecule has 0 aromatic carbocycles. The molecule has 0 atom stereocenters. The van der Waals surface area contributed by atoms with E-state index in [-0.39, 0.29) is 0 Å². The van der Waals surface area contributed by atoms with E-state index in [9.17, 15) is 0 Å². The van der Waals surface area contributed by atoms with E-state index in [1.165, 1.54) is 38.5 Å². The molecule has 0 bridgehead atoms. The zero-order valence-corrected chi connectivity index (χ0v) is 11.5. The topological polar surface area (TPSA) is 28.4 Å². The first-order valence-electron chi connectivity index (χ1n) is 7.29. The van der Waals surface area contributed by atoms with Gasteiger partial charge in [-0.15, -0.1) is 0 Å². The maximum absolute atomic E-state index is 5.35. The average Bonchev–Trinajstić information content (AvgIpc) is 2.89. The van der Waals surface area contributed by atoms with E-state index in [1.807, 2.05) is 12.1 Å². The summed E-state index contributed by atoms with van der Waals surface area (Å²) in [5.41, 5.74) is 0. The molecule has 0 aliphatic heterocycles. The lowest BCUT2D eigenvalue weighted by Crippen LogP contribution is -2.33. The predicted octanol–water partition coefficient (Wildman–Crippen LogP) is 3.02. The van der Waals surface area contributed by atoms with Crippen molar-refractivity contribution in [1.29, 1.82) is 0 Å². The van der Waals surface area contributed by atoms with Crippen LogP contribution >= 0.6 is 0 Å². The van der Waals surface area contributed by atoms with Gasteiger partial charge in [-0.1, -0.05) is 19.3 Å². The van der Waals surface area contributed by atoms with Gasteiger partial charge in [0.1, 0.15) is 5.76 Å². The van der Waals surface area contributed by atoms with Gasteiger partial charge in [0.15, 0.2) is 0 Å². The van der Waals surface area contributed by atoms with Crippen LogP contribution in [0.3, 0.4) is 0 Å². The molecule has 0 unspecified atom stereocenters. The number of nitrogens with zero attached hydrogens (tertiary/aromatic N) is 1. The Hall–Kier alpha value is -0.800. The second kappa shape index (κ2) is 7.59. The summed E-state index contributed by atoms with van der Waals surface area (Å²) in [6.45, 7) is 3.18. The molecule has 1 aliphatic carbocycles. The summed E-state index contributed by atoms with van der Waals surface area (Å²) in [6.07, 6.45) is 9.97. The standard InChI is InChI=1S/C15H26N2O/c1-17(13-15-9-5-12-18-15)11-6-10-16-14-7-3-2-4-8-14/h5,9,12,14,16H,2-4,6-8,10-11,13H2,1H3. The number of hydrogen-bond donors (Lipinski definition) is 1. The van der Waals surface area contributed by atoms with E-state index in [0.717, 1.165) is 31.4 Å². The second-order valence-electron chi connectivity index (χ2n) is 5.46. The molecule has 0 saturated heterocycles. The monoisotopic (exact) mass is 250 g/mol. The summed E-state index contributed by atoms with van der Waals surface area (Å²) in [7, 11) is 2.16. The van der Waals surface area contributed by atoms with Crippen molar-refractivity contribution in [3.05, 3.63) is 24.2 Å². The molecule has 18 heavy (non-hydrogen) atoms. The van der Waals surface area contributed by atoms with Crippen LogP contribution in [0, 0.1) is 0 Å². The molecular weight excluding hydrogens is 224 g/mol. The molecule has 3 nitrogen and oxygen atoms in total. The normalized spacial score (nSPS) is 17.4. The first-order chi connectivity index (χ1) is 8.84. The molecule has 1 aromatic rings. The van der Waals surface area contributed by atoms with Crippen LogP contribution in [0.5, 0.6) is 0 Å². The Morgan fingerprint density at radius 3 is 2.89 bits per heavy atom. The van der Waals surface area contributed by atoms with Gasteiger partial charge in [-0.3, -0.25) is 4.90 Å². The fourth-order valence-electron chi connectivity index (χ4n) is 2.71. The van der Waals surface area contributed by atoms with Crippen LogP contribution in [0.4, 0.5) is 0 Å². The summed E-state index contributed by atoms with van der Waals surface area (Å²) in [6, 6.07) is 4.78. The van der Waals surface area contributed by atoms with Crippen molar-refractivity contribution in [3.63, 3.8) is 0 Å². The lowest BCUT2D eigenvalue weighted by atomic mass is 9.95. The largest absolute Gasteiger partial charge is 0.468 e. The van der Waals surface area contributed by atoms with Crippen LogP contribution in [0.1, 0.15) is 44.3 Å². The zero-order valence-electron chi connectivity index (χ0n) is 11.5. The van der Waals surface area contributed by atoms with Crippen molar-refractivity contribution in [2.75, 3.05) is 20.1 Å². The van der Waals surface area contributed by atoms with Crippen LogP contribution < -0.4 is 5.32 Å². The Labute approximate surface area is 111 Å². The van der Waals surface area contributed by atoms with Gasteiger partial charge in [0.25, 0.3) is 0 Å². The molecule has 102 valence electrons. The molecule has 0 radical (unpaired) electrons. The summed E-state index contributed by atoms with van der Waals surface area (Å²) in [4.78, 5) is 2.32. The summed E-state index contributed by atoms with van der Waals surface area (Å²) in [5.74, 6) is 1.05. The molecule has 0 amide bonds. The molecule has 3 heteroatoms. The van der Waals surface area contributed by atoms with E-state index >= 15 is 0 Å². The van der Waals surface area contributed by atoms with Crippen molar-refractivity contribution in [1.82, 2.24) is 10.2 Å². The smallest absolute Gasteiger partial charge is 0.117 e. The summed E-state index contributed by atoms with van der Waals surface area (Å²) >= 11 is 0. The van der Waals surface area contributed by atoms with Crippen molar-refractivity contribution in [3.8, 4) is 0 Å². The van der Waals surface area contributed by atoms with Crippen LogP contribution in [0.15, 0.2) is 22.8 Å². The van der Waals surface area contributed by atoms with Crippen molar-refractivity contribution in [2.45, 2.75) is 51.1 Å². The van der Waals surface area contributed by atoms with Crippen LogP contribution in [-0.2, 0) is 6.54 Å². The molecule has 1 saturated carbocycles. The average molecular weight is 250 g/mol. The van der Waals surface area contributed by atoms with Gasteiger partial charge < -0.3 is 9.73 Å². The highest BCUT2D eigenvalue weighted by atomic mass is 16.3. The van der Waals surface area contributed by atoms with Gasteiger partial charge in [-0.05, 0) is 51.5 Å². The third kappa shape index (κ3) is 4.83. The lowest BCUT2D eigenvalue weighted by Gasteiger charge is -2.23. The van der Waals surface area contributed by atoms with Gasteiger partial charge in [0, 0.05) is 6.04 Å². The summed E-state index contributed by atoms with van der Waals surface area (Å²) < 4.78 is 5.35. The van der Waals surface area contributed by atoms with Crippen LogP contribution in [0.2, 0.25) is 0 Å². The Morgan fingerprint density at radius 2 is 2.17 bits per heavy atom. The first kappa shape index (κ1) is 13.6. The highest BCUT2D eigenvalue weighted by Gasteiger charge is 2.11. The zero-order chi connectivity index (χ0) is 12.6. The quantitative estimate of drug-likeness (QED) is 0.754. The first-order valence-corrected chi connectivity index (χ1v) is 7.29. The molecule has 1 fully saturated rings. The van der Waals surface area contributed by atoms with Gasteiger partial charge >= 0.3 is 0 Å². The SMILES string of the molecule is CN(CCCNC1CCCCC1)Cc1ccco1. The molecule has 0 spiro atoms. The minimum absolute atomic E-state index is 0.786. The predicted molar refractivity (Wildman–Crippen MR) is 74.5 cm³/mol. The van der Waals surface area contributed by atoms with E-state index in [2.05, 4.69) is 17.3 Å². The number of hydrogen-bond acceptors (Lipinski definition) is 3. The lowest BCUT2D eigenvalue weighted by molar-refractivity contribution is 0.284. The van der Waals surface area contributed by atoms with E-state index in [4.69, 9.17) is 4.42 Å². The van der Waals surface area contributed by atoms with Crippen molar-refractivity contribution >= 4 is 0 Å². The van der Waals surface area contributed by atoms with Gasteiger partial charge in [-0.25, -0.2) is 0 Å². The number of furan rings is 1. The van der Waals surface area contributed by atoms with Crippen molar-refractivity contribution in [2.24, 2.45) is 0 Å². The van der Waals surface area contributed by atoms with E-state index in [0.29, 0.717) is 0 Å². The van der Waals surface area contributed by atoms with E-state index < -0.39 is 0 Å². The Morgan fingerprint density at radius 1 is 1.33 bits per heavy atom. The molecular formula is C15H26N2O. The fourth-order valence-corrected chi connectivity index (χ4v) is 2.71. The van der Waals surface area contributed by atoms with Crippen molar-refractivity contribution < 1.29 is 4.42 Å². The minimum Gasteiger partial charge on any atom is -0.468 e. The highest BCUT2D eigenvalue weighted by Crippen LogP contribution is 2.17. The van der Waals surface area contributed by atoms with Gasteiger partial charge in [0.05, 0.1) is 12.8 Å². The molecule has 1 aliphatic rings. The summed E-state index contributed by atoms with van der Waals surface area (Å²) in [5, 5.41) is 3.69. The molecule has 1 N–H and O–H groups in total. The molecule has 1 heterocycles. The maximum Gasteiger partial charge on any atom is 0.117 e. The molecule has 1 aromatic heterocycles. The van der Waals surface area contributed by atoms with Gasteiger partial charge in [0.2, 0.25) is 0 Å². The third-order valence-corrected chi connectivity index (χ3v) is 3.76. The highest BCUT2D eigenvalue weighted by molar-refractivity contribution is 4.97. The Bertz CT molecular complexity index is 304. The second-order valence-corrected chi connectivity index (χ2v) is 5.46. The number of nitrogens with one attached hydrogen (secondary N) is 1. The van der Waals surface area contributed by atoms with Crippen LogP contribution in [-0.4, -0.2) is 31.1 Å². The molecule has 2 rings (SSSR count). The maximum atomic E-state index is 5.35. The Balaban J connectivity index is 1.52. The number of rotatable bonds is 7. The Kier molecular flexibility index (Phi) is 5.75. The third-order valence-electron chi connectivity index (χ3n) is 3.76.